The van der Waals surface area contributed by atoms with Gasteiger partial charge in [-0.2, -0.15) is 0 Å². The molecule has 0 aliphatic carbocycles. The third-order valence-electron chi connectivity index (χ3n) is 3.62. The largest absolute Gasteiger partial charge is 0.481 e. The summed E-state index contributed by atoms with van der Waals surface area (Å²) in [6, 6.07) is 13.4. The van der Waals surface area contributed by atoms with Crippen molar-refractivity contribution in [2.24, 2.45) is 5.73 Å². The Bertz CT molecular complexity index is 990. The molecule has 2 N–H and O–H groups in total. The molecule has 0 aliphatic rings. The zero-order valence-corrected chi connectivity index (χ0v) is 14.6. The normalized spacial score (nSPS) is 10.5. The first kappa shape index (κ1) is 17.7. The van der Waals surface area contributed by atoms with Crippen molar-refractivity contribution in [3.63, 3.8) is 0 Å². The lowest BCUT2D eigenvalue weighted by atomic mass is 10.1. The average Bonchev–Trinajstić information content (AvgIpc) is 2.61. The number of ether oxygens (including phenoxy) is 2. The molecule has 7 heteroatoms. The Morgan fingerprint density at radius 1 is 1.15 bits per heavy atom. The summed E-state index contributed by atoms with van der Waals surface area (Å²) >= 11 is 6.12. The maximum absolute atomic E-state index is 12.0. The molecule has 0 spiro atoms. The van der Waals surface area contributed by atoms with Crippen LogP contribution in [-0.2, 0) is 4.79 Å². The number of benzene rings is 2. The molecule has 6 nitrogen and oxygen atoms in total. The molecule has 1 heterocycles. The van der Waals surface area contributed by atoms with E-state index in [1.54, 1.807) is 36.4 Å². The molecule has 0 atom stereocenters. The van der Waals surface area contributed by atoms with Crippen LogP contribution in [0.5, 0.6) is 11.5 Å². The highest BCUT2D eigenvalue weighted by atomic mass is 35.5. The minimum atomic E-state index is -0.708. The van der Waals surface area contributed by atoms with Crippen LogP contribution in [0, 0.1) is 6.92 Å². The first-order chi connectivity index (χ1) is 12.4. The van der Waals surface area contributed by atoms with Gasteiger partial charge in [-0.15, -0.1) is 0 Å². The van der Waals surface area contributed by atoms with Gasteiger partial charge in [0.15, 0.2) is 6.61 Å². The molecule has 0 bridgehead atoms. The minimum absolute atomic E-state index is 0.0175. The van der Waals surface area contributed by atoms with Crippen molar-refractivity contribution < 1.29 is 19.1 Å². The Hall–Kier alpha value is -3.12. The summed E-state index contributed by atoms with van der Waals surface area (Å²) in [6.45, 7) is 1.49. The van der Waals surface area contributed by atoms with E-state index in [0.717, 1.165) is 5.56 Å². The Kier molecular flexibility index (Phi) is 5.04. The zero-order valence-electron chi connectivity index (χ0n) is 13.9. The summed E-state index contributed by atoms with van der Waals surface area (Å²) in [4.78, 5) is 27.7. The number of carbonyl (C=O) groups is 2. The smallest absolute Gasteiger partial charge is 0.349 e. The number of nitrogens with zero attached hydrogens (tertiary/aromatic N) is 1. The third kappa shape index (κ3) is 3.92. The molecule has 0 saturated heterocycles. The zero-order chi connectivity index (χ0) is 18.7. The van der Waals surface area contributed by atoms with Gasteiger partial charge in [-0.1, -0.05) is 29.8 Å². The molecular weight excluding hydrogens is 356 g/mol. The molecule has 3 aromatic rings. The number of hydrogen-bond acceptors (Lipinski definition) is 5. The van der Waals surface area contributed by atoms with Crippen LogP contribution in [0.2, 0.25) is 5.02 Å². The quantitative estimate of drug-likeness (QED) is 0.549. The summed E-state index contributed by atoms with van der Waals surface area (Å²) in [5, 5.41) is 1.12. The Labute approximate surface area is 154 Å². The SMILES string of the molecule is Cc1cc2c(OCC(=O)Oc3ccccc3)cc(C(N)=O)nc2cc1Cl. The topological polar surface area (TPSA) is 91.5 Å². The molecule has 2 aromatic carbocycles. The van der Waals surface area contributed by atoms with Gasteiger partial charge in [-0.05, 0) is 36.8 Å². The number of primary amides is 1. The van der Waals surface area contributed by atoms with Gasteiger partial charge < -0.3 is 15.2 Å². The van der Waals surface area contributed by atoms with E-state index in [-0.39, 0.29) is 12.3 Å². The summed E-state index contributed by atoms with van der Waals surface area (Å²) in [6.07, 6.45) is 0. The maximum Gasteiger partial charge on any atom is 0.349 e. The molecule has 0 fully saturated rings. The van der Waals surface area contributed by atoms with Crippen molar-refractivity contribution in [2.75, 3.05) is 6.61 Å². The predicted octanol–water partition coefficient (Wildman–Crippen LogP) is 3.28. The second-order valence-corrected chi connectivity index (χ2v) is 5.97. The van der Waals surface area contributed by atoms with Crippen LogP contribution < -0.4 is 15.2 Å². The maximum atomic E-state index is 12.0. The summed E-state index contributed by atoms with van der Waals surface area (Å²) in [5.74, 6) is -0.567. The number of aryl methyl sites for hydroxylation is 1. The molecule has 3 rings (SSSR count). The van der Waals surface area contributed by atoms with Crippen molar-refractivity contribution in [2.45, 2.75) is 6.92 Å². The first-order valence-corrected chi connectivity index (χ1v) is 8.11. The van der Waals surface area contributed by atoms with Gasteiger partial charge >= 0.3 is 5.97 Å². The highest BCUT2D eigenvalue weighted by molar-refractivity contribution is 6.32. The van der Waals surface area contributed by atoms with E-state index in [9.17, 15) is 9.59 Å². The predicted molar refractivity (Wildman–Crippen MR) is 97.6 cm³/mol. The van der Waals surface area contributed by atoms with E-state index in [4.69, 9.17) is 26.8 Å². The van der Waals surface area contributed by atoms with Crippen molar-refractivity contribution in [3.8, 4) is 11.5 Å². The molecule has 132 valence electrons. The van der Waals surface area contributed by atoms with E-state index in [1.165, 1.54) is 6.07 Å². The van der Waals surface area contributed by atoms with Crippen LogP contribution in [-0.4, -0.2) is 23.5 Å². The van der Waals surface area contributed by atoms with Crippen LogP contribution in [0.15, 0.2) is 48.5 Å². The minimum Gasteiger partial charge on any atom is -0.481 e. The van der Waals surface area contributed by atoms with Gasteiger partial charge in [-0.3, -0.25) is 4.79 Å². The Morgan fingerprint density at radius 3 is 2.58 bits per heavy atom. The monoisotopic (exact) mass is 370 g/mol. The first-order valence-electron chi connectivity index (χ1n) is 7.73. The molecule has 0 saturated carbocycles. The van der Waals surface area contributed by atoms with Crippen LogP contribution in [0.3, 0.4) is 0 Å². The number of pyridine rings is 1. The third-order valence-corrected chi connectivity index (χ3v) is 4.03. The number of esters is 1. The molecule has 1 amide bonds. The van der Waals surface area contributed by atoms with Gasteiger partial charge in [-0.25, -0.2) is 9.78 Å². The van der Waals surface area contributed by atoms with Crippen LogP contribution in [0.1, 0.15) is 16.1 Å². The lowest BCUT2D eigenvalue weighted by Crippen LogP contribution is -2.18. The lowest BCUT2D eigenvalue weighted by molar-refractivity contribution is -0.136. The molecule has 26 heavy (non-hydrogen) atoms. The number of carbonyl (C=O) groups excluding carboxylic acids is 2. The van der Waals surface area contributed by atoms with Crippen molar-refractivity contribution in [3.05, 3.63) is 64.8 Å². The van der Waals surface area contributed by atoms with E-state index >= 15 is 0 Å². The summed E-state index contributed by atoms with van der Waals surface area (Å²) in [5.41, 5.74) is 6.59. The fourth-order valence-corrected chi connectivity index (χ4v) is 2.51. The fraction of sp³-hybridized carbons (Fsp3) is 0.105. The van der Waals surface area contributed by atoms with Crippen molar-refractivity contribution >= 4 is 34.4 Å². The van der Waals surface area contributed by atoms with Gasteiger partial charge in [0, 0.05) is 16.5 Å². The number of aromatic nitrogens is 1. The van der Waals surface area contributed by atoms with Crippen LogP contribution in [0.25, 0.3) is 10.9 Å². The van der Waals surface area contributed by atoms with E-state index in [2.05, 4.69) is 4.98 Å². The fourth-order valence-electron chi connectivity index (χ4n) is 2.36. The average molecular weight is 371 g/mol. The second-order valence-electron chi connectivity index (χ2n) is 5.56. The standard InChI is InChI=1S/C19H15ClN2O4/c1-11-7-13-15(8-14(11)20)22-16(19(21)24)9-17(13)25-10-18(23)26-12-5-3-2-4-6-12/h2-9H,10H2,1H3,(H2,21,24). The number of amides is 1. The van der Waals surface area contributed by atoms with E-state index in [1.807, 2.05) is 13.0 Å². The van der Waals surface area contributed by atoms with Gasteiger partial charge in [0.1, 0.15) is 17.2 Å². The number of hydrogen-bond donors (Lipinski definition) is 1. The summed E-state index contributed by atoms with van der Waals surface area (Å²) < 4.78 is 10.7. The van der Waals surface area contributed by atoms with Crippen molar-refractivity contribution in [1.82, 2.24) is 4.98 Å². The van der Waals surface area contributed by atoms with Crippen LogP contribution in [0.4, 0.5) is 0 Å². The van der Waals surface area contributed by atoms with Crippen LogP contribution >= 0.6 is 11.6 Å². The number of para-hydroxylation sites is 1. The Morgan fingerprint density at radius 2 is 1.88 bits per heavy atom. The van der Waals surface area contributed by atoms with Crippen molar-refractivity contribution in [1.29, 1.82) is 0 Å². The van der Waals surface area contributed by atoms with Gasteiger partial charge in [0.2, 0.25) is 0 Å². The number of fused-ring (bicyclic) bond motifs is 1. The van der Waals surface area contributed by atoms with Gasteiger partial charge in [0.25, 0.3) is 5.91 Å². The Balaban J connectivity index is 1.87. The molecule has 1 aromatic heterocycles. The molecule has 0 unspecified atom stereocenters. The number of halogens is 1. The molecule has 0 aliphatic heterocycles. The number of nitrogens with two attached hydrogens (primary N) is 1. The molecule has 0 radical (unpaired) electrons. The highest BCUT2D eigenvalue weighted by Gasteiger charge is 2.14. The van der Waals surface area contributed by atoms with E-state index in [0.29, 0.717) is 27.4 Å². The summed E-state index contributed by atoms with van der Waals surface area (Å²) in [7, 11) is 0. The highest BCUT2D eigenvalue weighted by Crippen LogP contribution is 2.30. The second kappa shape index (κ2) is 7.41. The molecular formula is C19H15ClN2O4. The number of rotatable bonds is 5. The van der Waals surface area contributed by atoms with Gasteiger partial charge in [0.05, 0.1) is 5.52 Å². The van der Waals surface area contributed by atoms with E-state index < -0.39 is 11.9 Å². The lowest BCUT2D eigenvalue weighted by Gasteiger charge is -2.11.